The highest BCUT2D eigenvalue weighted by molar-refractivity contribution is 5.39. The number of nitrogens with zero attached hydrogens (tertiary/aromatic N) is 1. The van der Waals surface area contributed by atoms with Crippen LogP contribution in [0, 0.1) is 0 Å². The molecule has 0 unspecified atom stereocenters. The predicted molar refractivity (Wildman–Crippen MR) is 61.7 cm³/mol. The zero-order chi connectivity index (χ0) is 11.1. The molecule has 0 heterocycles. The maximum Gasteiger partial charge on any atom is 0.161 e. The molecular formula is C12H19NO2. The second-order valence-corrected chi connectivity index (χ2v) is 3.40. The molecular weight excluding hydrogens is 190 g/mol. The Kier molecular flexibility index (Phi) is 4.98. The number of para-hydroxylation sites is 2. The van der Waals surface area contributed by atoms with Gasteiger partial charge in [0.15, 0.2) is 11.5 Å². The van der Waals surface area contributed by atoms with Gasteiger partial charge in [-0.25, -0.2) is 0 Å². The molecule has 0 aliphatic heterocycles. The molecule has 3 heteroatoms. The molecule has 0 saturated carbocycles. The van der Waals surface area contributed by atoms with E-state index in [0.717, 1.165) is 24.6 Å². The molecule has 0 bridgehead atoms. The lowest BCUT2D eigenvalue weighted by Crippen LogP contribution is -2.23. The summed E-state index contributed by atoms with van der Waals surface area (Å²) < 4.78 is 10.8. The second kappa shape index (κ2) is 6.30. The molecule has 0 N–H and O–H groups in total. The number of benzene rings is 1. The first-order valence-electron chi connectivity index (χ1n) is 5.22. The van der Waals surface area contributed by atoms with Gasteiger partial charge in [-0.3, -0.25) is 0 Å². The van der Waals surface area contributed by atoms with Crippen molar-refractivity contribution in [3.05, 3.63) is 24.3 Å². The summed E-state index contributed by atoms with van der Waals surface area (Å²) in [5.41, 5.74) is 0. The minimum atomic E-state index is 0.685. The Morgan fingerprint density at radius 3 is 2.47 bits per heavy atom. The van der Waals surface area contributed by atoms with Crippen LogP contribution in [0.5, 0.6) is 11.5 Å². The molecule has 0 saturated heterocycles. The van der Waals surface area contributed by atoms with E-state index in [-0.39, 0.29) is 0 Å². The van der Waals surface area contributed by atoms with Gasteiger partial charge in [0.05, 0.1) is 7.11 Å². The topological polar surface area (TPSA) is 21.7 Å². The van der Waals surface area contributed by atoms with Gasteiger partial charge in [-0.1, -0.05) is 19.1 Å². The van der Waals surface area contributed by atoms with E-state index in [0.29, 0.717) is 6.61 Å². The molecule has 1 aromatic rings. The van der Waals surface area contributed by atoms with Crippen molar-refractivity contribution in [2.75, 3.05) is 33.9 Å². The standard InChI is InChI=1S/C12H19NO2/c1-4-13(2)9-10-15-12-8-6-5-7-11(12)14-3/h5-8H,4,9-10H2,1-3H3. The van der Waals surface area contributed by atoms with Crippen molar-refractivity contribution in [3.8, 4) is 11.5 Å². The van der Waals surface area contributed by atoms with Gasteiger partial charge in [0.1, 0.15) is 6.61 Å². The maximum atomic E-state index is 5.63. The van der Waals surface area contributed by atoms with Crippen molar-refractivity contribution in [3.63, 3.8) is 0 Å². The molecule has 0 aromatic heterocycles. The lowest BCUT2D eigenvalue weighted by Gasteiger charge is -2.15. The first kappa shape index (κ1) is 11.9. The van der Waals surface area contributed by atoms with Crippen LogP contribution < -0.4 is 9.47 Å². The summed E-state index contributed by atoms with van der Waals surface area (Å²) in [4.78, 5) is 2.20. The van der Waals surface area contributed by atoms with E-state index >= 15 is 0 Å². The summed E-state index contributed by atoms with van der Waals surface area (Å²) in [6.07, 6.45) is 0. The van der Waals surface area contributed by atoms with Crippen molar-refractivity contribution in [2.24, 2.45) is 0 Å². The minimum absolute atomic E-state index is 0.685. The highest BCUT2D eigenvalue weighted by Crippen LogP contribution is 2.25. The first-order valence-corrected chi connectivity index (χ1v) is 5.22. The van der Waals surface area contributed by atoms with Gasteiger partial charge in [0, 0.05) is 6.54 Å². The fourth-order valence-corrected chi connectivity index (χ4v) is 1.21. The zero-order valence-electron chi connectivity index (χ0n) is 9.69. The van der Waals surface area contributed by atoms with E-state index in [4.69, 9.17) is 9.47 Å². The van der Waals surface area contributed by atoms with Crippen LogP contribution in [0.3, 0.4) is 0 Å². The number of ether oxygens (including phenoxy) is 2. The van der Waals surface area contributed by atoms with E-state index < -0.39 is 0 Å². The zero-order valence-corrected chi connectivity index (χ0v) is 9.69. The van der Waals surface area contributed by atoms with E-state index in [2.05, 4.69) is 18.9 Å². The molecule has 0 aliphatic rings. The largest absolute Gasteiger partial charge is 0.493 e. The van der Waals surface area contributed by atoms with Crippen LogP contribution in [-0.4, -0.2) is 38.8 Å². The van der Waals surface area contributed by atoms with Crippen LogP contribution in [0.25, 0.3) is 0 Å². The summed E-state index contributed by atoms with van der Waals surface area (Å²) in [6, 6.07) is 7.70. The van der Waals surface area contributed by atoms with E-state index in [9.17, 15) is 0 Å². The number of rotatable bonds is 6. The van der Waals surface area contributed by atoms with Crippen LogP contribution in [0.1, 0.15) is 6.92 Å². The van der Waals surface area contributed by atoms with Crippen LogP contribution >= 0.6 is 0 Å². The third-order valence-electron chi connectivity index (χ3n) is 2.34. The van der Waals surface area contributed by atoms with E-state index in [1.165, 1.54) is 0 Å². The van der Waals surface area contributed by atoms with E-state index in [1.807, 2.05) is 24.3 Å². The highest BCUT2D eigenvalue weighted by atomic mass is 16.5. The lowest BCUT2D eigenvalue weighted by molar-refractivity contribution is 0.236. The Labute approximate surface area is 91.6 Å². The fraction of sp³-hybridized carbons (Fsp3) is 0.500. The molecule has 84 valence electrons. The van der Waals surface area contributed by atoms with E-state index in [1.54, 1.807) is 7.11 Å². The Morgan fingerprint density at radius 2 is 1.87 bits per heavy atom. The molecule has 0 amide bonds. The predicted octanol–water partition coefficient (Wildman–Crippen LogP) is 2.03. The van der Waals surface area contributed by atoms with Gasteiger partial charge in [-0.2, -0.15) is 0 Å². The molecule has 0 spiro atoms. The quantitative estimate of drug-likeness (QED) is 0.715. The number of likely N-dealkylation sites (N-methyl/N-ethyl adjacent to an activating group) is 1. The van der Waals surface area contributed by atoms with Gasteiger partial charge in [-0.05, 0) is 25.7 Å². The number of hydrogen-bond acceptors (Lipinski definition) is 3. The number of hydrogen-bond donors (Lipinski definition) is 0. The minimum Gasteiger partial charge on any atom is -0.493 e. The summed E-state index contributed by atoms with van der Waals surface area (Å²) in [7, 11) is 3.73. The molecule has 0 atom stereocenters. The highest BCUT2D eigenvalue weighted by Gasteiger charge is 2.02. The normalized spacial score (nSPS) is 10.4. The summed E-state index contributed by atoms with van der Waals surface area (Å²) in [5.74, 6) is 1.60. The maximum absolute atomic E-state index is 5.63. The van der Waals surface area contributed by atoms with Crippen molar-refractivity contribution in [2.45, 2.75) is 6.92 Å². The van der Waals surface area contributed by atoms with Crippen LogP contribution in [-0.2, 0) is 0 Å². The van der Waals surface area contributed by atoms with Crippen molar-refractivity contribution in [1.29, 1.82) is 0 Å². The van der Waals surface area contributed by atoms with Gasteiger partial charge >= 0.3 is 0 Å². The van der Waals surface area contributed by atoms with Crippen molar-refractivity contribution < 1.29 is 9.47 Å². The third-order valence-corrected chi connectivity index (χ3v) is 2.34. The summed E-state index contributed by atoms with van der Waals surface area (Å²) in [6.45, 7) is 4.78. The lowest BCUT2D eigenvalue weighted by atomic mass is 10.3. The fourth-order valence-electron chi connectivity index (χ4n) is 1.21. The van der Waals surface area contributed by atoms with Crippen LogP contribution in [0.4, 0.5) is 0 Å². The molecule has 1 aromatic carbocycles. The van der Waals surface area contributed by atoms with Crippen LogP contribution in [0.2, 0.25) is 0 Å². The van der Waals surface area contributed by atoms with Crippen molar-refractivity contribution in [1.82, 2.24) is 4.90 Å². The smallest absolute Gasteiger partial charge is 0.161 e. The second-order valence-electron chi connectivity index (χ2n) is 3.40. The molecule has 3 nitrogen and oxygen atoms in total. The molecule has 1 rings (SSSR count). The molecule has 0 radical (unpaired) electrons. The van der Waals surface area contributed by atoms with Crippen molar-refractivity contribution >= 4 is 0 Å². The van der Waals surface area contributed by atoms with Gasteiger partial charge in [0.25, 0.3) is 0 Å². The Morgan fingerprint density at radius 1 is 1.20 bits per heavy atom. The molecule has 0 fully saturated rings. The Bertz CT molecular complexity index is 289. The Balaban J connectivity index is 2.43. The molecule has 15 heavy (non-hydrogen) atoms. The van der Waals surface area contributed by atoms with Gasteiger partial charge < -0.3 is 14.4 Å². The monoisotopic (exact) mass is 209 g/mol. The Hall–Kier alpha value is -1.22. The van der Waals surface area contributed by atoms with Crippen LogP contribution in [0.15, 0.2) is 24.3 Å². The van der Waals surface area contributed by atoms with Gasteiger partial charge in [-0.15, -0.1) is 0 Å². The number of methoxy groups -OCH3 is 1. The SMILES string of the molecule is CCN(C)CCOc1ccccc1OC. The average molecular weight is 209 g/mol. The van der Waals surface area contributed by atoms with Gasteiger partial charge in [0.2, 0.25) is 0 Å². The summed E-state index contributed by atoms with van der Waals surface area (Å²) >= 11 is 0. The average Bonchev–Trinajstić information content (AvgIpc) is 2.29. The molecule has 0 aliphatic carbocycles. The summed E-state index contributed by atoms with van der Waals surface area (Å²) in [5, 5.41) is 0. The third kappa shape index (κ3) is 3.80. The first-order chi connectivity index (χ1) is 7.27.